The minimum atomic E-state index is 0.714. The molecule has 2 rings (SSSR count). The predicted octanol–water partition coefficient (Wildman–Crippen LogP) is 3.05. The predicted molar refractivity (Wildman–Crippen MR) is 79.4 cm³/mol. The molecule has 18 heavy (non-hydrogen) atoms. The lowest BCUT2D eigenvalue weighted by Crippen LogP contribution is -2.41. The number of unbranched alkanes of at least 4 members (excludes halogenated alkanes) is 1. The summed E-state index contributed by atoms with van der Waals surface area (Å²) < 4.78 is 5.54. The van der Waals surface area contributed by atoms with Crippen molar-refractivity contribution >= 4 is 16.9 Å². The monoisotopic (exact) mass is 270 g/mol. The second kappa shape index (κ2) is 8.05. The van der Waals surface area contributed by atoms with E-state index in [4.69, 9.17) is 4.74 Å². The molecule has 0 radical (unpaired) electrons. The average molecular weight is 270 g/mol. The summed E-state index contributed by atoms with van der Waals surface area (Å²) in [7, 11) is 0. The van der Waals surface area contributed by atoms with Gasteiger partial charge in [0.05, 0.1) is 0 Å². The maximum absolute atomic E-state index is 5.54. The van der Waals surface area contributed by atoms with E-state index in [1.54, 1.807) is 0 Å². The molecule has 1 aliphatic heterocycles. The van der Waals surface area contributed by atoms with E-state index in [2.05, 4.69) is 17.2 Å². The van der Waals surface area contributed by atoms with Crippen LogP contribution in [0.2, 0.25) is 0 Å². The van der Waals surface area contributed by atoms with Crippen LogP contribution in [0.15, 0.2) is 4.99 Å². The van der Waals surface area contributed by atoms with E-state index < -0.39 is 0 Å². The Morgan fingerprint density at radius 3 is 3.11 bits per heavy atom. The van der Waals surface area contributed by atoms with E-state index in [9.17, 15) is 0 Å². The van der Waals surface area contributed by atoms with Gasteiger partial charge in [0.15, 0.2) is 5.17 Å². The van der Waals surface area contributed by atoms with Crippen LogP contribution >= 0.6 is 11.8 Å². The molecule has 2 aliphatic rings. The van der Waals surface area contributed by atoms with Gasteiger partial charge in [-0.1, -0.05) is 31.5 Å². The lowest BCUT2D eigenvalue weighted by molar-refractivity contribution is 0.130. The van der Waals surface area contributed by atoms with Gasteiger partial charge in [0.1, 0.15) is 0 Å². The number of fused-ring (bicyclic) bond motifs is 1. The van der Waals surface area contributed by atoms with Gasteiger partial charge in [0, 0.05) is 31.6 Å². The minimum absolute atomic E-state index is 0.714. The summed E-state index contributed by atoms with van der Waals surface area (Å²) in [6, 6.07) is 0.714. The Morgan fingerprint density at radius 2 is 2.22 bits per heavy atom. The van der Waals surface area contributed by atoms with Crippen LogP contribution in [0.4, 0.5) is 0 Å². The normalized spacial score (nSPS) is 29.3. The highest BCUT2D eigenvalue weighted by Crippen LogP contribution is 2.32. The maximum Gasteiger partial charge on any atom is 0.156 e. The summed E-state index contributed by atoms with van der Waals surface area (Å²) in [5.41, 5.74) is 0. The molecule has 2 fully saturated rings. The molecule has 2 unspecified atom stereocenters. The number of hydrogen-bond donors (Lipinski definition) is 1. The molecule has 1 aliphatic carbocycles. The fourth-order valence-corrected chi connectivity index (χ4v) is 3.79. The molecule has 0 spiro atoms. The lowest BCUT2D eigenvalue weighted by atomic mass is 10.1. The zero-order valence-corrected chi connectivity index (χ0v) is 12.3. The van der Waals surface area contributed by atoms with Gasteiger partial charge in [-0.2, -0.15) is 0 Å². The Morgan fingerprint density at radius 1 is 1.33 bits per heavy atom. The van der Waals surface area contributed by atoms with Crippen molar-refractivity contribution in [3.63, 3.8) is 0 Å². The molecule has 2 atom stereocenters. The highest BCUT2D eigenvalue weighted by molar-refractivity contribution is 8.13. The van der Waals surface area contributed by atoms with E-state index in [1.807, 2.05) is 11.8 Å². The number of rotatable bonds is 7. The maximum atomic E-state index is 5.54. The number of nitrogens with zero attached hydrogens (tertiary/aromatic N) is 1. The zero-order valence-electron chi connectivity index (χ0n) is 11.5. The standard InChI is InChI=1S/C14H26N2OS/c1-2-3-9-17-10-5-8-15-14-16-13-7-4-6-12(13)11-18-14/h12-13H,2-11H2,1H3,(H,15,16). The molecule has 3 nitrogen and oxygen atoms in total. The second-order valence-corrected chi connectivity index (χ2v) is 6.27. The third-order valence-electron chi connectivity index (χ3n) is 3.75. The van der Waals surface area contributed by atoms with Gasteiger partial charge in [-0.3, -0.25) is 4.99 Å². The smallest absolute Gasteiger partial charge is 0.156 e. The highest BCUT2D eigenvalue weighted by Gasteiger charge is 2.31. The van der Waals surface area contributed by atoms with Crippen molar-refractivity contribution in [1.29, 1.82) is 0 Å². The minimum Gasteiger partial charge on any atom is -0.381 e. The van der Waals surface area contributed by atoms with Crippen LogP contribution in [0, 0.1) is 5.92 Å². The number of thioether (sulfide) groups is 1. The quantitative estimate of drug-likeness (QED) is 0.722. The van der Waals surface area contributed by atoms with Crippen LogP contribution in [0.5, 0.6) is 0 Å². The average Bonchev–Trinajstić information content (AvgIpc) is 2.85. The first-order chi connectivity index (χ1) is 8.90. The lowest BCUT2D eigenvalue weighted by Gasteiger charge is -2.28. The number of nitrogens with one attached hydrogen (secondary N) is 1. The molecule has 0 aromatic heterocycles. The van der Waals surface area contributed by atoms with E-state index in [0.717, 1.165) is 32.1 Å². The number of amidine groups is 1. The number of hydrogen-bond acceptors (Lipinski definition) is 3. The Bertz CT molecular complexity index is 271. The summed E-state index contributed by atoms with van der Waals surface area (Å²) in [5.74, 6) is 2.16. The molecule has 0 aromatic carbocycles. The molecule has 0 bridgehead atoms. The third-order valence-corrected chi connectivity index (χ3v) is 4.86. The van der Waals surface area contributed by atoms with Crippen molar-refractivity contribution in [1.82, 2.24) is 5.32 Å². The van der Waals surface area contributed by atoms with Gasteiger partial charge in [-0.05, 0) is 31.6 Å². The van der Waals surface area contributed by atoms with E-state index in [1.165, 1.54) is 43.0 Å². The Balaban J connectivity index is 1.56. The van der Waals surface area contributed by atoms with E-state index >= 15 is 0 Å². The second-order valence-electron chi connectivity index (χ2n) is 5.26. The van der Waals surface area contributed by atoms with Crippen LogP contribution in [0.25, 0.3) is 0 Å². The van der Waals surface area contributed by atoms with Gasteiger partial charge in [0.2, 0.25) is 0 Å². The van der Waals surface area contributed by atoms with Crippen molar-refractivity contribution in [2.45, 2.75) is 51.5 Å². The summed E-state index contributed by atoms with van der Waals surface area (Å²) in [5, 5.41) is 4.77. The first-order valence-electron chi connectivity index (χ1n) is 7.41. The Kier molecular flexibility index (Phi) is 6.35. The van der Waals surface area contributed by atoms with Crippen LogP contribution in [0.3, 0.4) is 0 Å². The molecule has 1 heterocycles. The first-order valence-corrected chi connectivity index (χ1v) is 8.40. The largest absolute Gasteiger partial charge is 0.381 e. The molecular weight excluding hydrogens is 244 g/mol. The molecule has 1 saturated carbocycles. The van der Waals surface area contributed by atoms with Gasteiger partial charge < -0.3 is 10.1 Å². The SMILES string of the molecule is CCCCOCCCN=C1NC2CCCC2CS1. The number of ether oxygens (including phenoxy) is 1. The molecule has 4 heteroatoms. The van der Waals surface area contributed by atoms with Crippen LogP contribution in [0.1, 0.15) is 45.4 Å². The third kappa shape index (κ3) is 4.47. The molecule has 0 amide bonds. The van der Waals surface area contributed by atoms with Gasteiger partial charge in [-0.15, -0.1) is 0 Å². The Hall–Kier alpha value is -0.220. The van der Waals surface area contributed by atoms with Gasteiger partial charge in [-0.25, -0.2) is 0 Å². The van der Waals surface area contributed by atoms with Crippen LogP contribution in [-0.2, 0) is 4.74 Å². The van der Waals surface area contributed by atoms with E-state index in [0.29, 0.717) is 6.04 Å². The molecule has 104 valence electrons. The van der Waals surface area contributed by atoms with Crippen molar-refractivity contribution in [2.24, 2.45) is 10.9 Å². The van der Waals surface area contributed by atoms with Gasteiger partial charge in [0.25, 0.3) is 0 Å². The van der Waals surface area contributed by atoms with Crippen LogP contribution < -0.4 is 5.32 Å². The van der Waals surface area contributed by atoms with Crippen LogP contribution in [-0.4, -0.2) is 36.7 Å². The topological polar surface area (TPSA) is 33.6 Å². The fourth-order valence-electron chi connectivity index (χ4n) is 2.60. The molecule has 0 aromatic rings. The van der Waals surface area contributed by atoms with Crippen molar-refractivity contribution in [2.75, 3.05) is 25.5 Å². The van der Waals surface area contributed by atoms with Crippen molar-refractivity contribution in [3.05, 3.63) is 0 Å². The molecule has 1 N–H and O–H groups in total. The zero-order chi connectivity index (χ0) is 12.6. The molecular formula is C14H26N2OS. The Labute approximate surface area is 115 Å². The van der Waals surface area contributed by atoms with Gasteiger partial charge >= 0.3 is 0 Å². The highest BCUT2D eigenvalue weighted by atomic mass is 32.2. The summed E-state index contributed by atoms with van der Waals surface area (Å²) in [6.45, 7) is 4.85. The van der Waals surface area contributed by atoms with E-state index in [-0.39, 0.29) is 0 Å². The first kappa shape index (κ1) is 14.2. The molecule has 1 saturated heterocycles. The fraction of sp³-hybridized carbons (Fsp3) is 0.929. The summed E-state index contributed by atoms with van der Waals surface area (Å²) in [4.78, 5) is 4.65. The summed E-state index contributed by atoms with van der Waals surface area (Å²) in [6.07, 6.45) is 7.57. The number of aliphatic imine (C=N–C) groups is 1. The van der Waals surface area contributed by atoms with Crippen molar-refractivity contribution in [3.8, 4) is 0 Å². The summed E-state index contributed by atoms with van der Waals surface area (Å²) >= 11 is 1.91. The van der Waals surface area contributed by atoms with Crippen molar-refractivity contribution < 1.29 is 4.74 Å².